The van der Waals surface area contributed by atoms with Crippen LogP contribution in [0.3, 0.4) is 0 Å². The molecule has 0 spiro atoms. The summed E-state index contributed by atoms with van der Waals surface area (Å²) in [6.45, 7) is 1.08. The van der Waals surface area contributed by atoms with Crippen LogP contribution in [0.5, 0.6) is 5.75 Å². The van der Waals surface area contributed by atoms with E-state index >= 15 is 0 Å². The van der Waals surface area contributed by atoms with E-state index in [4.69, 9.17) is 0 Å². The molecule has 2 aromatic carbocycles. The Labute approximate surface area is 122 Å². The second kappa shape index (κ2) is 5.59. The van der Waals surface area contributed by atoms with Crippen LogP contribution in [0, 0.1) is 41.8 Å². The molecular formula is C14H9BF6O. The summed E-state index contributed by atoms with van der Waals surface area (Å²) in [7, 11) is 2.02. The Kier molecular flexibility index (Phi) is 4.13. The number of methoxy groups -OCH3 is 1. The van der Waals surface area contributed by atoms with Crippen molar-refractivity contribution in [3.8, 4) is 16.9 Å². The van der Waals surface area contributed by atoms with Gasteiger partial charge in [-0.15, -0.1) is 0 Å². The lowest BCUT2D eigenvalue weighted by atomic mass is 9.89. The quantitative estimate of drug-likeness (QED) is 0.470. The molecule has 2 rings (SSSR count). The van der Waals surface area contributed by atoms with Gasteiger partial charge >= 0.3 is 0 Å². The van der Waals surface area contributed by atoms with E-state index in [9.17, 15) is 26.3 Å². The molecule has 0 atom stereocenters. The first-order valence-corrected chi connectivity index (χ1v) is 6.07. The molecule has 0 heterocycles. The summed E-state index contributed by atoms with van der Waals surface area (Å²) >= 11 is 0. The average molecular weight is 318 g/mol. The van der Waals surface area contributed by atoms with E-state index in [0.717, 1.165) is 21.9 Å². The van der Waals surface area contributed by atoms with Crippen LogP contribution in [0.4, 0.5) is 26.3 Å². The van der Waals surface area contributed by atoms with Gasteiger partial charge in [-0.3, -0.25) is 0 Å². The highest BCUT2D eigenvalue weighted by atomic mass is 19.2. The van der Waals surface area contributed by atoms with E-state index in [-0.39, 0.29) is 5.56 Å². The van der Waals surface area contributed by atoms with Crippen LogP contribution in [0.15, 0.2) is 6.07 Å². The predicted molar refractivity (Wildman–Crippen MR) is 71.1 cm³/mol. The SMILES string of the molecule is Bc1c(F)c(F)c(-c2c(F)cc(C)c(F)c2F)c(F)c1OC. The standard InChI is InChI=1S/C14H9BF6O/c1-4-3-5(16)6(10(18)9(4)17)7-11(19)13(21)8(15)14(22-2)12(7)20/h3H,15H2,1-2H3. The van der Waals surface area contributed by atoms with E-state index in [0.29, 0.717) is 6.07 Å². The Bertz CT molecular complexity index is 775. The van der Waals surface area contributed by atoms with Crippen LogP contribution < -0.4 is 10.2 Å². The molecule has 0 saturated heterocycles. The Hall–Kier alpha value is -2.12. The first-order valence-electron chi connectivity index (χ1n) is 6.07. The first kappa shape index (κ1) is 16.3. The third kappa shape index (κ3) is 2.22. The fraction of sp³-hybridized carbons (Fsp3) is 0.143. The van der Waals surface area contributed by atoms with Crippen LogP contribution >= 0.6 is 0 Å². The molecular weight excluding hydrogens is 309 g/mol. The van der Waals surface area contributed by atoms with Crippen molar-refractivity contribution >= 4 is 13.3 Å². The Balaban J connectivity index is 2.97. The lowest BCUT2D eigenvalue weighted by molar-refractivity contribution is 0.382. The molecule has 2 aromatic rings. The third-order valence-electron chi connectivity index (χ3n) is 3.30. The van der Waals surface area contributed by atoms with Crippen LogP contribution in [0.2, 0.25) is 0 Å². The van der Waals surface area contributed by atoms with Crippen molar-refractivity contribution in [1.29, 1.82) is 0 Å². The van der Waals surface area contributed by atoms with E-state index in [1.807, 2.05) is 0 Å². The number of hydrogen-bond donors (Lipinski definition) is 0. The maximum atomic E-state index is 14.3. The number of ether oxygens (including phenoxy) is 1. The van der Waals surface area contributed by atoms with Gasteiger partial charge in [0.25, 0.3) is 0 Å². The van der Waals surface area contributed by atoms with Gasteiger partial charge in [-0.25, -0.2) is 26.3 Å². The maximum Gasteiger partial charge on any atom is 0.175 e. The number of rotatable bonds is 2. The van der Waals surface area contributed by atoms with Gasteiger partial charge < -0.3 is 4.74 Å². The lowest BCUT2D eigenvalue weighted by Gasteiger charge is -2.15. The summed E-state index contributed by atoms with van der Waals surface area (Å²) in [6.07, 6.45) is 0. The van der Waals surface area contributed by atoms with E-state index in [1.165, 1.54) is 0 Å². The van der Waals surface area contributed by atoms with Crippen LogP contribution in [-0.4, -0.2) is 15.0 Å². The highest BCUT2D eigenvalue weighted by Gasteiger charge is 2.29. The van der Waals surface area contributed by atoms with Gasteiger partial charge in [-0.05, 0) is 24.0 Å². The molecule has 0 aromatic heterocycles. The molecule has 0 aliphatic rings. The van der Waals surface area contributed by atoms with E-state index in [1.54, 1.807) is 0 Å². The number of benzene rings is 2. The van der Waals surface area contributed by atoms with Crippen LogP contribution in [-0.2, 0) is 0 Å². The zero-order valence-corrected chi connectivity index (χ0v) is 11.8. The topological polar surface area (TPSA) is 9.23 Å². The highest BCUT2D eigenvalue weighted by molar-refractivity contribution is 6.34. The Morgan fingerprint density at radius 1 is 0.818 bits per heavy atom. The minimum absolute atomic E-state index is 0.390. The zero-order valence-electron chi connectivity index (χ0n) is 11.8. The molecule has 0 aliphatic carbocycles. The maximum absolute atomic E-state index is 14.3. The summed E-state index contributed by atoms with van der Waals surface area (Å²) in [6, 6.07) is 0.566. The van der Waals surface area contributed by atoms with Gasteiger partial charge in [0, 0.05) is 0 Å². The number of halogens is 6. The van der Waals surface area contributed by atoms with Gasteiger partial charge in [0.1, 0.15) is 13.7 Å². The molecule has 22 heavy (non-hydrogen) atoms. The molecule has 0 aliphatic heterocycles. The summed E-state index contributed by atoms with van der Waals surface area (Å²) in [5.74, 6) is -10.3. The normalized spacial score (nSPS) is 10.9. The smallest absolute Gasteiger partial charge is 0.175 e. The molecule has 0 saturated carbocycles. The molecule has 0 unspecified atom stereocenters. The van der Waals surface area contributed by atoms with Crippen molar-refractivity contribution in [2.24, 2.45) is 0 Å². The van der Waals surface area contributed by atoms with Crippen LogP contribution in [0.25, 0.3) is 11.1 Å². The largest absolute Gasteiger partial charge is 0.494 e. The monoisotopic (exact) mass is 318 g/mol. The zero-order chi connectivity index (χ0) is 16.8. The van der Waals surface area contributed by atoms with Crippen molar-refractivity contribution in [2.75, 3.05) is 7.11 Å². The minimum Gasteiger partial charge on any atom is -0.494 e. The summed E-state index contributed by atoms with van der Waals surface area (Å²) in [5.41, 5.74) is -3.57. The number of aryl methyl sites for hydroxylation is 1. The fourth-order valence-electron chi connectivity index (χ4n) is 2.15. The molecule has 0 bridgehead atoms. The van der Waals surface area contributed by atoms with E-state index in [2.05, 4.69) is 4.74 Å². The molecule has 1 nitrogen and oxygen atoms in total. The van der Waals surface area contributed by atoms with Crippen molar-refractivity contribution in [3.63, 3.8) is 0 Å². The molecule has 0 amide bonds. The molecule has 0 fully saturated rings. The molecule has 8 heteroatoms. The second-order valence-electron chi connectivity index (χ2n) is 4.65. The van der Waals surface area contributed by atoms with Gasteiger partial charge in [0.2, 0.25) is 0 Å². The van der Waals surface area contributed by atoms with Crippen molar-refractivity contribution in [2.45, 2.75) is 6.92 Å². The van der Waals surface area contributed by atoms with E-state index < -0.39 is 57.2 Å². The molecule has 0 N–H and O–H groups in total. The van der Waals surface area contributed by atoms with Gasteiger partial charge in [-0.1, -0.05) is 0 Å². The fourth-order valence-corrected chi connectivity index (χ4v) is 2.15. The van der Waals surface area contributed by atoms with Crippen molar-refractivity contribution in [3.05, 3.63) is 46.5 Å². The van der Waals surface area contributed by atoms with Crippen molar-refractivity contribution < 1.29 is 31.1 Å². The summed E-state index contributed by atoms with van der Waals surface area (Å²) in [4.78, 5) is 0. The lowest BCUT2D eigenvalue weighted by Crippen LogP contribution is -2.18. The summed E-state index contributed by atoms with van der Waals surface area (Å²) in [5, 5.41) is 0. The second-order valence-corrected chi connectivity index (χ2v) is 4.65. The average Bonchev–Trinajstić information content (AvgIpc) is 2.47. The number of hydrogen-bond acceptors (Lipinski definition) is 1. The Morgan fingerprint density at radius 2 is 1.36 bits per heavy atom. The van der Waals surface area contributed by atoms with Crippen LogP contribution in [0.1, 0.15) is 5.56 Å². The minimum atomic E-state index is -1.82. The highest BCUT2D eigenvalue weighted by Crippen LogP contribution is 2.36. The summed E-state index contributed by atoms with van der Waals surface area (Å²) < 4.78 is 88.0. The first-order chi connectivity index (χ1) is 10.2. The van der Waals surface area contributed by atoms with Gasteiger partial charge in [-0.2, -0.15) is 0 Å². The molecule has 116 valence electrons. The molecule has 0 radical (unpaired) electrons. The Morgan fingerprint density at radius 3 is 1.91 bits per heavy atom. The van der Waals surface area contributed by atoms with Gasteiger partial charge in [0.05, 0.1) is 18.2 Å². The van der Waals surface area contributed by atoms with Gasteiger partial charge in [0.15, 0.2) is 34.8 Å². The predicted octanol–water partition coefficient (Wildman–Crippen LogP) is 2.76. The van der Waals surface area contributed by atoms with Crippen molar-refractivity contribution in [1.82, 2.24) is 0 Å². The third-order valence-corrected chi connectivity index (χ3v) is 3.30.